The average Bonchev–Trinajstić information content (AvgIpc) is 3.53. The lowest BCUT2D eigenvalue weighted by molar-refractivity contribution is -0.157. The van der Waals surface area contributed by atoms with Crippen LogP contribution in [0.5, 0.6) is 0 Å². The zero-order valence-electron chi connectivity index (χ0n) is 19.7. The molecule has 2 fully saturated rings. The lowest BCUT2D eigenvalue weighted by Crippen LogP contribution is -2.74. The molecule has 2 aliphatic rings. The van der Waals surface area contributed by atoms with Crippen molar-refractivity contribution in [3.8, 4) is 0 Å². The zero-order chi connectivity index (χ0) is 26.9. The van der Waals surface area contributed by atoms with E-state index in [-0.39, 0.29) is 52.5 Å². The van der Waals surface area contributed by atoms with Gasteiger partial charge < -0.3 is 25.9 Å². The van der Waals surface area contributed by atoms with Gasteiger partial charge in [-0.05, 0) is 12.1 Å². The fraction of sp³-hybridized carbons (Fsp3) is 0.304. The Morgan fingerprint density at radius 3 is 2.92 bits per heavy atom. The van der Waals surface area contributed by atoms with E-state index in [1.54, 1.807) is 5.38 Å². The predicted octanol–water partition coefficient (Wildman–Crippen LogP) is 2.50. The Bertz CT molecular complexity index is 1410. The van der Waals surface area contributed by atoms with Crippen molar-refractivity contribution in [3.05, 3.63) is 48.0 Å². The lowest BCUT2D eigenvalue weighted by atomic mass is 9.89. The van der Waals surface area contributed by atoms with Crippen LogP contribution in [0.4, 0.5) is 5.13 Å². The molecule has 5 rings (SSSR count). The molecule has 0 saturated carbocycles. The minimum absolute atomic E-state index is 0.0507. The molecule has 3 atom stereocenters. The topological polar surface area (TPSA) is 160 Å². The van der Waals surface area contributed by atoms with Gasteiger partial charge in [-0.3, -0.25) is 14.4 Å². The zero-order valence-corrected chi connectivity index (χ0v) is 23.0. The number of hydrogen-bond acceptors (Lipinski definition) is 12. The summed E-state index contributed by atoms with van der Waals surface area (Å²) in [5.74, 6) is -1.40. The van der Waals surface area contributed by atoms with Gasteiger partial charge in [0.15, 0.2) is 15.2 Å². The number of nitrogens with one attached hydrogen (secondary N) is 1. The van der Waals surface area contributed by atoms with E-state index in [0.717, 1.165) is 25.9 Å². The molecule has 0 bridgehead atoms. The first kappa shape index (κ1) is 26.5. The highest BCUT2D eigenvalue weighted by molar-refractivity contribution is 8.01. The van der Waals surface area contributed by atoms with Gasteiger partial charge >= 0.3 is 5.97 Å². The number of aromatic nitrogens is 2. The molecule has 3 aromatic rings. The SMILES string of the molecule is C=CCON=C(C(=O)NC1C(=O)N2CC(CSc3nc4ccccc4s3)(C(=O)O)CS[C@H]12)c1csc(N)n1. The molecular weight excluding hydrogens is 569 g/mol. The molecule has 198 valence electrons. The first-order valence-electron chi connectivity index (χ1n) is 11.3. The van der Waals surface area contributed by atoms with Crippen molar-refractivity contribution < 1.29 is 24.3 Å². The number of thiazole rings is 2. The second-order valence-electron chi connectivity index (χ2n) is 8.54. The van der Waals surface area contributed by atoms with Crippen LogP contribution in [0.2, 0.25) is 0 Å². The number of carbonyl (C=O) groups is 3. The second kappa shape index (κ2) is 10.9. The molecule has 0 spiro atoms. The maximum absolute atomic E-state index is 13.0. The third kappa shape index (κ3) is 5.10. The van der Waals surface area contributed by atoms with Gasteiger partial charge in [-0.1, -0.05) is 41.7 Å². The van der Waals surface area contributed by atoms with E-state index >= 15 is 0 Å². The number of nitrogens with zero attached hydrogens (tertiary/aromatic N) is 4. The first-order valence-corrected chi connectivity index (χ1v) is 15.0. The number of nitrogen functional groups attached to an aromatic ring is 1. The molecule has 1 aromatic carbocycles. The van der Waals surface area contributed by atoms with Crippen LogP contribution in [0, 0.1) is 5.41 Å². The molecular formula is C23H22N6O5S4. The molecule has 11 nitrogen and oxygen atoms in total. The lowest BCUT2D eigenvalue weighted by Gasteiger charge is -2.53. The Morgan fingerprint density at radius 2 is 2.21 bits per heavy atom. The molecule has 4 heterocycles. The van der Waals surface area contributed by atoms with Crippen molar-refractivity contribution in [2.24, 2.45) is 10.6 Å². The summed E-state index contributed by atoms with van der Waals surface area (Å²) in [6, 6.07) is 6.92. The van der Waals surface area contributed by atoms with Gasteiger partial charge in [-0.2, -0.15) is 0 Å². The molecule has 2 amide bonds. The van der Waals surface area contributed by atoms with E-state index < -0.39 is 23.3 Å². The monoisotopic (exact) mass is 590 g/mol. The van der Waals surface area contributed by atoms with Crippen molar-refractivity contribution in [1.82, 2.24) is 20.2 Å². The number of thioether (sulfide) groups is 2. The molecule has 15 heteroatoms. The molecule has 4 N–H and O–H groups in total. The average molecular weight is 591 g/mol. The number of carbonyl (C=O) groups excluding carboxylic acids is 2. The maximum atomic E-state index is 13.0. The normalized spacial score (nSPS) is 23.0. The van der Waals surface area contributed by atoms with Gasteiger partial charge in [0.05, 0.1) is 10.2 Å². The predicted molar refractivity (Wildman–Crippen MR) is 150 cm³/mol. The van der Waals surface area contributed by atoms with E-state index in [2.05, 4.69) is 27.0 Å². The first-order chi connectivity index (χ1) is 18.3. The van der Waals surface area contributed by atoms with Crippen LogP contribution >= 0.6 is 46.2 Å². The van der Waals surface area contributed by atoms with Gasteiger partial charge in [-0.25, -0.2) is 9.97 Å². The van der Waals surface area contributed by atoms with Crippen LogP contribution in [0.15, 0.2) is 51.8 Å². The number of anilines is 1. The number of β-lactam (4-membered cyclic amide) rings is 1. The van der Waals surface area contributed by atoms with Crippen LogP contribution in [-0.4, -0.2) is 79.5 Å². The number of nitrogens with two attached hydrogens (primary N) is 1. The number of rotatable bonds is 10. The van der Waals surface area contributed by atoms with Gasteiger partial charge in [-0.15, -0.1) is 34.4 Å². The van der Waals surface area contributed by atoms with E-state index in [1.807, 2.05) is 24.3 Å². The molecule has 2 unspecified atom stereocenters. The Labute approximate surface area is 233 Å². The number of carboxylic acid groups (broad SMARTS) is 1. The number of carboxylic acids is 1. The van der Waals surface area contributed by atoms with Crippen molar-refractivity contribution in [2.45, 2.75) is 15.8 Å². The quantitative estimate of drug-likeness (QED) is 0.0799. The van der Waals surface area contributed by atoms with E-state index in [4.69, 9.17) is 10.6 Å². The summed E-state index contributed by atoms with van der Waals surface area (Å²) in [5, 5.41) is 18.1. The third-order valence-corrected chi connectivity index (χ3v) is 10.7. The number of amides is 2. The summed E-state index contributed by atoms with van der Waals surface area (Å²) in [6.07, 6.45) is 1.48. The van der Waals surface area contributed by atoms with Gasteiger partial charge in [0.1, 0.15) is 29.1 Å². The highest BCUT2D eigenvalue weighted by atomic mass is 32.2. The fourth-order valence-electron chi connectivity index (χ4n) is 3.98. The van der Waals surface area contributed by atoms with Crippen molar-refractivity contribution in [2.75, 3.05) is 30.4 Å². The molecule has 2 aliphatic heterocycles. The van der Waals surface area contributed by atoms with Gasteiger partial charge in [0, 0.05) is 23.4 Å². The Kier molecular flexibility index (Phi) is 7.61. The standard InChI is InChI=1S/C23H22N6O5S4/c1-2-7-34-28-15(13-8-35-21(24)25-13)17(30)27-16-18(31)29-9-23(20(32)33,10-36-19(16)29)11-37-22-26-12-5-3-4-6-14(12)38-22/h2-6,8,16,19H,1,7,9-11H2,(H2,24,25)(H,27,30)(H,32,33)/t16?,19-,23?/m1/s1. The second-order valence-corrected chi connectivity index (χ2v) is 12.8. The van der Waals surface area contributed by atoms with E-state index in [1.165, 1.54) is 45.8 Å². The van der Waals surface area contributed by atoms with Crippen molar-refractivity contribution in [1.29, 1.82) is 0 Å². The smallest absolute Gasteiger partial charge is 0.313 e. The van der Waals surface area contributed by atoms with E-state index in [9.17, 15) is 19.5 Å². The van der Waals surface area contributed by atoms with E-state index in [0.29, 0.717) is 0 Å². The van der Waals surface area contributed by atoms with Crippen LogP contribution in [0.1, 0.15) is 5.69 Å². The number of benzene rings is 1. The van der Waals surface area contributed by atoms with Crippen LogP contribution in [0.3, 0.4) is 0 Å². The summed E-state index contributed by atoms with van der Waals surface area (Å²) in [4.78, 5) is 53.7. The summed E-state index contributed by atoms with van der Waals surface area (Å²) < 4.78 is 1.82. The van der Waals surface area contributed by atoms with Crippen molar-refractivity contribution >= 4 is 85.0 Å². The Morgan fingerprint density at radius 1 is 1.39 bits per heavy atom. The third-order valence-electron chi connectivity index (χ3n) is 5.96. The van der Waals surface area contributed by atoms with Crippen LogP contribution < -0.4 is 11.1 Å². The number of fused-ring (bicyclic) bond motifs is 2. The minimum Gasteiger partial charge on any atom is -0.481 e. The van der Waals surface area contributed by atoms with Gasteiger partial charge in [0.25, 0.3) is 5.91 Å². The fourth-order valence-corrected chi connectivity index (χ4v) is 8.46. The summed E-state index contributed by atoms with van der Waals surface area (Å²) in [7, 11) is 0. The summed E-state index contributed by atoms with van der Waals surface area (Å²) in [5.41, 5.74) is 5.54. The Balaban J connectivity index is 1.25. The molecule has 2 saturated heterocycles. The number of oxime groups is 1. The highest BCUT2D eigenvalue weighted by Gasteiger charge is 2.57. The van der Waals surface area contributed by atoms with Crippen LogP contribution in [-0.2, 0) is 19.2 Å². The summed E-state index contributed by atoms with van der Waals surface area (Å²) >= 11 is 5.38. The summed E-state index contributed by atoms with van der Waals surface area (Å²) in [6.45, 7) is 3.67. The number of para-hydroxylation sites is 1. The van der Waals surface area contributed by atoms with Crippen LogP contribution in [0.25, 0.3) is 10.2 Å². The maximum Gasteiger partial charge on any atom is 0.313 e. The molecule has 38 heavy (non-hydrogen) atoms. The number of aliphatic carboxylic acids is 1. The minimum atomic E-state index is -1.14. The largest absolute Gasteiger partial charge is 0.481 e. The Hall–Kier alpha value is -3.14. The molecule has 2 aromatic heterocycles. The van der Waals surface area contributed by atoms with Gasteiger partial charge in [0.2, 0.25) is 5.91 Å². The molecule has 0 radical (unpaired) electrons. The number of hydrogen-bond donors (Lipinski definition) is 3. The van der Waals surface area contributed by atoms with Crippen molar-refractivity contribution in [3.63, 3.8) is 0 Å². The molecule has 0 aliphatic carbocycles. The highest BCUT2D eigenvalue weighted by Crippen LogP contribution is 2.45.